The van der Waals surface area contributed by atoms with Crippen LogP contribution in [-0.4, -0.2) is 23.9 Å². The first-order valence-corrected chi connectivity index (χ1v) is 6.84. The number of nitro benzene ring substituents is 1. The Morgan fingerprint density at radius 1 is 1.45 bits per heavy atom. The van der Waals surface area contributed by atoms with E-state index in [1.807, 2.05) is 6.92 Å². The Kier molecular flexibility index (Phi) is 4.34. The number of anilines is 1. The van der Waals surface area contributed by atoms with Crippen LogP contribution in [0, 0.1) is 15.5 Å². The molecular formula is C14H19N3O3. The van der Waals surface area contributed by atoms with Crippen LogP contribution in [0.2, 0.25) is 0 Å². The molecular weight excluding hydrogens is 258 g/mol. The van der Waals surface area contributed by atoms with Gasteiger partial charge in [-0.15, -0.1) is 0 Å². The lowest BCUT2D eigenvalue weighted by Gasteiger charge is -2.35. The van der Waals surface area contributed by atoms with E-state index in [0.717, 1.165) is 32.4 Å². The molecule has 0 atom stereocenters. The van der Waals surface area contributed by atoms with Crippen molar-refractivity contribution in [2.24, 2.45) is 5.41 Å². The molecule has 1 heterocycles. The number of nitrogens with one attached hydrogen (secondary N) is 2. The van der Waals surface area contributed by atoms with Gasteiger partial charge in [0, 0.05) is 17.8 Å². The van der Waals surface area contributed by atoms with Gasteiger partial charge in [-0.1, -0.05) is 13.0 Å². The van der Waals surface area contributed by atoms with Crippen molar-refractivity contribution in [1.82, 2.24) is 5.32 Å². The lowest BCUT2D eigenvalue weighted by atomic mass is 9.76. The largest absolute Gasteiger partial charge is 0.325 e. The van der Waals surface area contributed by atoms with Crippen molar-refractivity contribution in [3.8, 4) is 0 Å². The number of hydrogen-bond acceptors (Lipinski definition) is 4. The van der Waals surface area contributed by atoms with E-state index in [-0.39, 0.29) is 17.0 Å². The second kappa shape index (κ2) is 6.00. The number of rotatable bonds is 4. The van der Waals surface area contributed by atoms with Crippen LogP contribution in [0.1, 0.15) is 26.2 Å². The van der Waals surface area contributed by atoms with Gasteiger partial charge < -0.3 is 10.6 Å². The van der Waals surface area contributed by atoms with Gasteiger partial charge in [0.1, 0.15) is 0 Å². The first kappa shape index (κ1) is 14.5. The Bertz CT molecular complexity index is 510. The third kappa shape index (κ3) is 2.96. The first-order valence-electron chi connectivity index (χ1n) is 6.84. The molecule has 0 bridgehead atoms. The quantitative estimate of drug-likeness (QED) is 0.653. The topological polar surface area (TPSA) is 84.3 Å². The molecule has 0 saturated carbocycles. The van der Waals surface area contributed by atoms with Gasteiger partial charge in [0.2, 0.25) is 5.91 Å². The maximum atomic E-state index is 12.5. The number of nitrogens with zero attached hydrogens (tertiary/aromatic N) is 1. The Morgan fingerprint density at radius 3 is 2.75 bits per heavy atom. The number of nitro groups is 1. The highest BCUT2D eigenvalue weighted by Gasteiger charge is 2.37. The molecule has 1 aromatic rings. The summed E-state index contributed by atoms with van der Waals surface area (Å²) in [5, 5.41) is 16.8. The fraction of sp³-hybridized carbons (Fsp3) is 0.500. The van der Waals surface area contributed by atoms with Gasteiger partial charge in [-0.3, -0.25) is 14.9 Å². The van der Waals surface area contributed by atoms with Gasteiger partial charge in [-0.05, 0) is 38.4 Å². The summed E-state index contributed by atoms with van der Waals surface area (Å²) in [6.07, 6.45) is 2.37. The highest BCUT2D eigenvalue weighted by atomic mass is 16.6. The van der Waals surface area contributed by atoms with E-state index >= 15 is 0 Å². The molecule has 2 N–H and O–H groups in total. The van der Waals surface area contributed by atoms with E-state index < -0.39 is 4.92 Å². The third-order valence-corrected chi connectivity index (χ3v) is 4.03. The second-order valence-corrected chi connectivity index (χ2v) is 5.15. The number of piperidine rings is 1. The second-order valence-electron chi connectivity index (χ2n) is 5.15. The molecule has 1 aliphatic heterocycles. The van der Waals surface area contributed by atoms with Crippen molar-refractivity contribution < 1.29 is 9.72 Å². The molecule has 6 heteroatoms. The molecule has 1 fully saturated rings. The average molecular weight is 277 g/mol. The van der Waals surface area contributed by atoms with E-state index in [1.165, 1.54) is 12.1 Å². The smallest absolute Gasteiger partial charge is 0.271 e. The molecule has 1 amide bonds. The summed E-state index contributed by atoms with van der Waals surface area (Å²) < 4.78 is 0. The fourth-order valence-corrected chi connectivity index (χ4v) is 2.61. The Labute approximate surface area is 117 Å². The molecule has 20 heavy (non-hydrogen) atoms. The minimum Gasteiger partial charge on any atom is -0.325 e. The number of non-ortho nitro benzene ring substituents is 1. The number of carbonyl (C=O) groups excluding carboxylic acids is 1. The van der Waals surface area contributed by atoms with Gasteiger partial charge in [0.15, 0.2) is 0 Å². The summed E-state index contributed by atoms with van der Waals surface area (Å²) in [5.41, 5.74) is 0.102. The van der Waals surface area contributed by atoms with Crippen LogP contribution >= 0.6 is 0 Å². The number of carbonyl (C=O) groups is 1. The summed E-state index contributed by atoms with van der Waals surface area (Å²) in [6, 6.07) is 6.06. The summed E-state index contributed by atoms with van der Waals surface area (Å²) in [6.45, 7) is 3.67. The standard InChI is InChI=1S/C14H19N3O3/c1-2-14(6-8-15-9-7-14)13(18)16-11-4-3-5-12(10-11)17(19)20/h3-5,10,15H,2,6-9H2,1H3,(H,16,18). The average Bonchev–Trinajstić information content (AvgIpc) is 2.48. The molecule has 1 aliphatic rings. The molecule has 2 rings (SSSR count). The van der Waals surface area contributed by atoms with Crippen LogP contribution in [0.25, 0.3) is 0 Å². The van der Waals surface area contributed by atoms with Crippen LogP contribution in [0.3, 0.4) is 0 Å². The van der Waals surface area contributed by atoms with Crippen molar-refractivity contribution in [3.63, 3.8) is 0 Å². The Balaban J connectivity index is 2.14. The van der Waals surface area contributed by atoms with Gasteiger partial charge >= 0.3 is 0 Å². The Morgan fingerprint density at radius 2 is 2.15 bits per heavy atom. The van der Waals surface area contributed by atoms with Crippen molar-refractivity contribution in [1.29, 1.82) is 0 Å². The van der Waals surface area contributed by atoms with E-state index in [4.69, 9.17) is 0 Å². The number of benzene rings is 1. The number of amides is 1. The maximum Gasteiger partial charge on any atom is 0.271 e. The molecule has 0 aliphatic carbocycles. The first-order chi connectivity index (χ1) is 9.57. The van der Waals surface area contributed by atoms with Crippen LogP contribution in [0.15, 0.2) is 24.3 Å². The third-order valence-electron chi connectivity index (χ3n) is 4.03. The van der Waals surface area contributed by atoms with Crippen LogP contribution in [-0.2, 0) is 4.79 Å². The molecule has 108 valence electrons. The molecule has 0 spiro atoms. The lowest BCUT2D eigenvalue weighted by Crippen LogP contribution is -2.44. The summed E-state index contributed by atoms with van der Waals surface area (Å²) in [5.74, 6) is -0.0398. The van der Waals surface area contributed by atoms with Crippen LogP contribution in [0.5, 0.6) is 0 Å². The van der Waals surface area contributed by atoms with Crippen molar-refractivity contribution in [2.45, 2.75) is 26.2 Å². The predicted molar refractivity (Wildman–Crippen MR) is 76.6 cm³/mol. The van der Waals surface area contributed by atoms with Crippen molar-refractivity contribution >= 4 is 17.3 Å². The van der Waals surface area contributed by atoms with Crippen LogP contribution in [0.4, 0.5) is 11.4 Å². The van der Waals surface area contributed by atoms with Gasteiger partial charge in [0.05, 0.1) is 10.3 Å². The SMILES string of the molecule is CCC1(C(=O)Nc2cccc([N+](=O)[O-])c2)CCNCC1. The van der Waals surface area contributed by atoms with E-state index in [2.05, 4.69) is 10.6 Å². The summed E-state index contributed by atoms with van der Waals surface area (Å²) in [7, 11) is 0. The van der Waals surface area contributed by atoms with E-state index in [1.54, 1.807) is 12.1 Å². The van der Waals surface area contributed by atoms with Gasteiger partial charge in [-0.2, -0.15) is 0 Å². The fourth-order valence-electron chi connectivity index (χ4n) is 2.61. The monoisotopic (exact) mass is 277 g/mol. The Hall–Kier alpha value is -1.95. The summed E-state index contributed by atoms with van der Waals surface area (Å²) >= 11 is 0. The van der Waals surface area contributed by atoms with Crippen molar-refractivity contribution in [2.75, 3.05) is 18.4 Å². The maximum absolute atomic E-state index is 12.5. The van der Waals surface area contributed by atoms with E-state index in [9.17, 15) is 14.9 Å². The molecule has 1 saturated heterocycles. The number of hydrogen-bond donors (Lipinski definition) is 2. The van der Waals surface area contributed by atoms with Gasteiger partial charge in [0.25, 0.3) is 5.69 Å². The molecule has 0 aromatic heterocycles. The van der Waals surface area contributed by atoms with Crippen LogP contribution < -0.4 is 10.6 Å². The van der Waals surface area contributed by atoms with Gasteiger partial charge in [-0.25, -0.2) is 0 Å². The lowest BCUT2D eigenvalue weighted by molar-refractivity contribution is -0.384. The minimum atomic E-state index is -0.463. The predicted octanol–water partition coefficient (Wildman–Crippen LogP) is 2.31. The van der Waals surface area contributed by atoms with E-state index in [0.29, 0.717) is 5.69 Å². The zero-order chi connectivity index (χ0) is 14.6. The highest BCUT2D eigenvalue weighted by molar-refractivity contribution is 5.95. The molecule has 0 unspecified atom stereocenters. The van der Waals surface area contributed by atoms with Crippen molar-refractivity contribution in [3.05, 3.63) is 34.4 Å². The zero-order valence-corrected chi connectivity index (χ0v) is 11.5. The molecule has 0 radical (unpaired) electrons. The highest BCUT2D eigenvalue weighted by Crippen LogP contribution is 2.34. The molecule has 6 nitrogen and oxygen atoms in total. The summed E-state index contributed by atoms with van der Waals surface area (Å²) in [4.78, 5) is 22.8. The molecule has 1 aromatic carbocycles. The normalized spacial score (nSPS) is 17.4. The minimum absolute atomic E-state index is 0.0151. The zero-order valence-electron chi connectivity index (χ0n) is 11.5.